The zero-order valence-corrected chi connectivity index (χ0v) is 8.67. The highest BCUT2D eigenvalue weighted by molar-refractivity contribution is 5.34. The molecule has 72 valence electrons. The van der Waals surface area contributed by atoms with Gasteiger partial charge in [-0.25, -0.2) is 0 Å². The second-order valence-electron chi connectivity index (χ2n) is 3.58. The summed E-state index contributed by atoms with van der Waals surface area (Å²) in [5, 5.41) is 0. The maximum absolute atomic E-state index is 5.67. The fourth-order valence-corrected chi connectivity index (χ4v) is 1.75. The van der Waals surface area contributed by atoms with Crippen molar-refractivity contribution in [3.63, 3.8) is 0 Å². The zero-order chi connectivity index (χ0) is 9.84. The summed E-state index contributed by atoms with van der Waals surface area (Å²) in [6.45, 7) is 7.15. The SMILES string of the molecule is CCc1cncc(CN)c1C(C)C. The lowest BCUT2D eigenvalue weighted by Gasteiger charge is -2.15. The molecule has 2 heteroatoms. The van der Waals surface area contributed by atoms with Crippen LogP contribution in [-0.4, -0.2) is 4.98 Å². The van der Waals surface area contributed by atoms with Crippen molar-refractivity contribution in [1.82, 2.24) is 4.98 Å². The fraction of sp³-hybridized carbons (Fsp3) is 0.545. The monoisotopic (exact) mass is 178 g/mol. The normalized spacial score (nSPS) is 10.8. The van der Waals surface area contributed by atoms with Gasteiger partial charge in [-0.1, -0.05) is 20.8 Å². The van der Waals surface area contributed by atoms with E-state index in [1.807, 2.05) is 12.4 Å². The van der Waals surface area contributed by atoms with Crippen LogP contribution in [0.2, 0.25) is 0 Å². The molecular weight excluding hydrogens is 160 g/mol. The van der Waals surface area contributed by atoms with Gasteiger partial charge in [-0.3, -0.25) is 4.98 Å². The summed E-state index contributed by atoms with van der Waals surface area (Å²) in [5.41, 5.74) is 9.58. The van der Waals surface area contributed by atoms with Crippen molar-refractivity contribution >= 4 is 0 Å². The predicted molar refractivity (Wildman–Crippen MR) is 55.6 cm³/mol. The van der Waals surface area contributed by atoms with Gasteiger partial charge in [0.15, 0.2) is 0 Å². The van der Waals surface area contributed by atoms with Crippen LogP contribution in [0, 0.1) is 0 Å². The van der Waals surface area contributed by atoms with Crippen molar-refractivity contribution in [2.75, 3.05) is 0 Å². The molecule has 0 radical (unpaired) electrons. The van der Waals surface area contributed by atoms with E-state index in [9.17, 15) is 0 Å². The van der Waals surface area contributed by atoms with E-state index in [2.05, 4.69) is 25.8 Å². The minimum atomic E-state index is 0.538. The first-order chi connectivity index (χ1) is 6.20. The molecule has 0 bridgehead atoms. The summed E-state index contributed by atoms with van der Waals surface area (Å²) >= 11 is 0. The Labute approximate surface area is 80.2 Å². The number of pyridine rings is 1. The molecule has 1 aromatic heterocycles. The predicted octanol–water partition coefficient (Wildman–Crippen LogP) is 2.23. The lowest BCUT2D eigenvalue weighted by molar-refractivity contribution is 0.810. The van der Waals surface area contributed by atoms with Crippen molar-refractivity contribution < 1.29 is 0 Å². The molecule has 0 amide bonds. The lowest BCUT2D eigenvalue weighted by Crippen LogP contribution is -2.07. The number of hydrogen-bond acceptors (Lipinski definition) is 2. The highest BCUT2D eigenvalue weighted by atomic mass is 14.6. The second-order valence-corrected chi connectivity index (χ2v) is 3.58. The van der Waals surface area contributed by atoms with Crippen molar-refractivity contribution in [2.24, 2.45) is 5.73 Å². The number of aryl methyl sites for hydroxylation is 1. The summed E-state index contributed by atoms with van der Waals surface area (Å²) in [6.07, 6.45) is 4.87. The van der Waals surface area contributed by atoms with Crippen LogP contribution < -0.4 is 5.73 Å². The Balaban J connectivity index is 3.21. The molecule has 2 N–H and O–H groups in total. The Hall–Kier alpha value is -0.890. The molecule has 0 aromatic carbocycles. The van der Waals surface area contributed by atoms with Crippen molar-refractivity contribution in [1.29, 1.82) is 0 Å². The van der Waals surface area contributed by atoms with Gasteiger partial charge in [-0.2, -0.15) is 0 Å². The van der Waals surface area contributed by atoms with E-state index in [1.165, 1.54) is 16.7 Å². The maximum Gasteiger partial charge on any atom is 0.0315 e. The van der Waals surface area contributed by atoms with Crippen molar-refractivity contribution in [2.45, 2.75) is 39.7 Å². The minimum Gasteiger partial charge on any atom is -0.326 e. The van der Waals surface area contributed by atoms with E-state index in [-0.39, 0.29) is 0 Å². The van der Waals surface area contributed by atoms with Gasteiger partial charge in [0, 0.05) is 18.9 Å². The molecule has 13 heavy (non-hydrogen) atoms. The first kappa shape index (κ1) is 10.2. The molecule has 0 unspecified atom stereocenters. The van der Waals surface area contributed by atoms with Gasteiger partial charge >= 0.3 is 0 Å². The highest BCUT2D eigenvalue weighted by Crippen LogP contribution is 2.22. The summed E-state index contributed by atoms with van der Waals surface area (Å²) in [6, 6.07) is 0. The number of nitrogens with zero attached hydrogens (tertiary/aromatic N) is 1. The van der Waals surface area contributed by atoms with Crippen LogP contribution in [0.1, 0.15) is 43.4 Å². The molecule has 0 aliphatic carbocycles. The molecule has 1 rings (SSSR count). The van der Waals surface area contributed by atoms with E-state index < -0.39 is 0 Å². The van der Waals surface area contributed by atoms with Crippen LogP contribution in [0.3, 0.4) is 0 Å². The average Bonchev–Trinajstić information content (AvgIpc) is 2.16. The first-order valence-electron chi connectivity index (χ1n) is 4.86. The third-order valence-corrected chi connectivity index (χ3v) is 2.33. The Bertz CT molecular complexity index is 257. The molecule has 1 heterocycles. The van der Waals surface area contributed by atoms with Crippen LogP contribution in [0.25, 0.3) is 0 Å². The number of aromatic nitrogens is 1. The Morgan fingerprint density at radius 3 is 2.38 bits per heavy atom. The van der Waals surface area contributed by atoms with Gasteiger partial charge in [-0.15, -0.1) is 0 Å². The summed E-state index contributed by atoms with van der Waals surface area (Å²) < 4.78 is 0. The first-order valence-corrected chi connectivity index (χ1v) is 4.86. The van der Waals surface area contributed by atoms with Crippen molar-refractivity contribution in [3.05, 3.63) is 29.1 Å². The van der Waals surface area contributed by atoms with Gasteiger partial charge in [0.1, 0.15) is 0 Å². The Morgan fingerprint density at radius 2 is 1.92 bits per heavy atom. The molecule has 1 aromatic rings. The third kappa shape index (κ3) is 2.07. The van der Waals surface area contributed by atoms with E-state index >= 15 is 0 Å². The summed E-state index contributed by atoms with van der Waals surface area (Å²) in [4.78, 5) is 4.19. The second kappa shape index (κ2) is 4.38. The van der Waals surface area contributed by atoms with Gasteiger partial charge in [0.05, 0.1) is 0 Å². The quantitative estimate of drug-likeness (QED) is 0.770. The molecular formula is C11H18N2. The van der Waals surface area contributed by atoms with Crippen LogP contribution >= 0.6 is 0 Å². The smallest absolute Gasteiger partial charge is 0.0315 e. The Morgan fingerprint density at radius 1 is 1.31 bits per heavy atom. The standard InChI is InChI=1S/C11H18N2/c1-4-9-6-13-7-10(5-12)11(9)8(2)3/h6-8H,4-5,12H2,1-3H3. The van der Waals surface area contributed by atoms with Gasteiger partial charge in [0.2, 0.25) is 0 Å². The summed E-state index contributed by atoms with van der Waals surface area (Å²) in [5.74, 6) is 0.538. The summed E-state index contributed by atoms with van der Waals surface area (Å²) in [7, 11) is 0. The molecule has 0 saturated carbocycles. The molecule has 0 aliphatic heterocycles. The van der Waals surface area contributed by atoms with Gasteiger partial charge < -0.3 is 5.73 Å². The maximum atomic E-state index is 5.67. The van der Waals surface area contributed by atoms with Crippen LogP contribution in [-0.2, 0) is 13.0 Å². The van der Waals surface area contributed by atoms with Gasteiger partial charge in [-0.05, 0) is 29.0 Å². The average molecular weight is 178 g/mol. The topological polar surface area (TPSA) is 38.9 Å². The van der Waals surface area contributed by atoms with E-state index in [0.717, 1.165) is 6.42 Å². The zero-order valence-electron chi connectivity index (χ0n) is 8.67. The fourth-order valence-electron chi connectivity index (χ4n) is 1.75. The molecule has 0 saturated heterocycles. The van der Waals surface area contributed by atoms with Crippen molar-refractivity contribution in [3.8, 4) is 0 Å². The Kier molecular flexibility index (Phi) is 3.43. The van der Waals surface area contributed by atoms with E-state index in [0.29, 0.717) is 12.5 Å². The van der Waals surface area contributed by atoms with Gasteiger partial charge in [0.25, 0.3) is 0 Å². The van der Waals surface area contributed by atoms with E-state index in [1.54, 1.807) is 0 Å². The van der Waals surface area contributed by atoms with Crippen LogP contribution in [0.4, 0.5) is 0 Å². The minimum absolute atomic E-state index is 0.538. The molecule has 0 spiro atoms. The lowest BCUT2D eigenvalue weighted by atomic mass is 9.93. The highest BCUT2D eigenvalue weighted by Gasteiger charge is 2.09. The molecule has 0 aliphatic rings. The third-order valence-electron chi connectivity index (χ3n) is 2.33. The molecule has 0 atom stereocenters. The van der Waals surface area contributed by atoms with E-state index in [4.69, 9.17) is 5.73 Å². The largest absolute Gasteiger partial charge is 0.326 e. The number of hydrogen-bond donors (Lipinski definition) is 1. The molecule has 2 nitrogen and oxygen atoms in total. The van der Waals surface area contributed by atoms with Crippen LogP contribution in [0.15, 0.2) is 12.4 Å². The molecule has 0 fully saturated rings. The number of rotatable bonds is 3. The number of nitrogens with two attached hydrogens (primary N) is 1. The van der Waals surface area contributed by atoms with Crippen LogP contribution in [0.5, 0.6) is 0 Å².